The fourth-order valence-corrected chi connectivity index (χ4v) is 4.58. The van der Waals surface area contributed by atoms with Gasteiger partial charge in [-0.2, -0.15) is 5.10 Å². The van der Waals surface area contributed by atoms with Gasteiger partial charge in [0.25, 0.3) is 11.8 Å². The van der Waals surface area contributed by atoms with Crippen LogP contribution in [0.2, 0.25) is 0 Å². The van der Waals surface area contributed by atoms with Crippen LogP contribution in [0, 0.1) is 0 Å². The summed E-state index contributed by atoms with van der Waals surface area (Å²) in [6, 6.07) is 10.6. The van der Waals surface area contributed by atoms with Crippen LogP contribution in [0.25, 0.3) is 22.1 Å². The van der Waals surface area contributed by atoms with Gasteiger partial charge in [0, 0.05) is 20.6 Å². The van der Waals surface area contributed by atoms with Crippen LogP contribution < -0.4 is 26.4 Å². The molecule has 0 saturated carbocycles. The van der Waals surface area contributed by atoms with Gasteiger partial charge in [-0.05, 0) is 42.3 Å². The summed E-state index contributed by atoms with van der Waals surface area (Å²) in [6.45, 7) is 2.17. The number of nitrogens with zero attached hydrogens (tertiary/aromatic N) is 5. The molecule has 13 nitrogen and oxygen atoms in total. The van der Waals surface area contributed by atoms with E-state index in [0.29, 0.717) is 39.4 Å². The second-order valence-electron chi connectivity index (χ2n) is 9.26. The first-order chi connectivity index (χ1) is 18.8. The number of amides is 2. The van der Waals surface area contributed by atoms with E-state index in [2.05, 4.69) is 31.0 Å². The lowest BCUT2D eigenvalue weighted by Crippen LogP contribution is -2.25. The Kier molecular flexibility index (Phi) is 5.74. The smallest absolute Gasteiger partial charge is 0.419 e. The summed E-state index contributed by atoms with van der Waals surface area (Å²) in [5.41, 5.74) is 4.58. The summed E-state index contributed by atoms with van der Waals surface area (Å²) in [5, 5.41) is 13.6. The number of hydrogen-bond donors (Lipinski definition) is 3. The Morgan fingerprint density at radius 3 is 2.85 bits per heavy atom. The maximum Gasteiger partial charge on any atom is 0.419 e. The number of nitrogens with one attached hydrogen (secondary N) is 3. The lowest BCUT2D eigenvalue weighted by atomic mass is 10.1. The third kappa shape index (κ3) is 4.33. The fourth-order valence-electron chi connectivity index (χ4n) is 4.58. The number of carbonyl (C=O) groups is 2. The lowest BCUT2D eigenvalue weighted by molar-refractivity contribution is -0.118. The summed E-state index contributed by atoms with van der Waals surface area (Å²) in [5.74, 6) is 0.0615. The molecule has 1 aliphatic heterocycles. The number of anilines is 2. The number of hydrogen-bond acceptors (Lipinski definition) is 9. The molecule has 13 heteroatoms. The summed E-state index contributed by atoms with van der Waals surface area (Å²) in [6.07, 6.45) is 1.33. The molecule has 4 heterocycles. The van der Waals surface area contributed by atoms with Crippen molar-refractivity contribution >= 4 is 45.5 Å². The molecule has 0 radical (unpaired) electrons. The fraction of sp³-hybridized carbons (Fsp3) is 0.231. The molecule has 3 N–H and O–H groups in total. The number of oxazole rings is 1. The van der Waals surface area contributed by atoms with Gasteiger partial charge < -0.3 is 25.1 Å². The van der Waals surface area contributed by atoms with E-state index in [0.717, 1.165) is 11.1 Å². The van der Waals surface area contributed by atoms with Gasteiger partial charge in [0.2, 0.25) is 0 Å². The van der Waals surface area contributed by atoms with Crippen molar-refractivity contribution in [2.75, 3.05) is 17.2 Å². The van der Waals surface area contributed by atoms with Gasteiger partial charge in [0.15, 0.2) is 23.7 Å². The molecule has 6 rings (SSSR count). The molecule has 0 fully saturated rings. The standard InChI is InChI=1S/C26H24N8O5/c1-13(15-5-7-18-16(9-15)31-20(35)11-38-18)30-24-21-23(34(3)32-24)22(29-12-28-21)25(36)27-10-14-4-6-19-17(8-14)33(2)26(37)39-19/h4-9,12-13H,10-11H2,1-3H3,(H,27,36)(H,30,32)(H,31,35). The second-order valence-corrected chi connectivity index (χ2v) is 9.26. The van der Waals surface area contributed by atoms with Gasteiger partial charge in [-0.1, -0.05) is 12.1 Å². The topological polar surface area (TPSA) is 158 Å². The number of rotatable bonds is 6. The van der Waals surface area contributed by atoms with Crippen LogP contribution in [0.5, 0.6) is 5.75 Å². The van der Waals surface area contributed by atoms with Gasteiger partial charge in [0.05, 0.1) is 17.2 Å². The second kappa shape index (κ2) is 9.28. The van der Waals surface area contributed by atoms with Crippen LogP contribution in [0.15, 0.2) is 51.9 Å². The minimum absolute atomic E-state index is 0.00365. The minimum atomic E-state index is -0.447. The molecule has 1 unspecified atom stereocenters. The molecule has 2 amide bonds. The molecule has 198 valence electrons. The van der Waals surface area contributed by atoms with Crippen LogP contribution in [-0.4, -0.2) is 42.7 Å². The van der Waals surface area contributed by atoms with Crippen molar-refractivity contribution in [1.82, 2.24) is 29.6 Å². The maximum absolute atomic E-state index is 13.2. The molecule has 1 aliphatic rings. The minimum Gasteiger partial charge on any atom is -0.482 e. The highest BCUT2D eigenvalue weighted by Gasteiger charge is 2.22. The highest BCUT2D eigenvalue weighted by molar-refractivity contribution is 6.05. The number of ether oxygens (including phenoxy) is 1. The van der Waals surface area contributed by atoms with Crippen molar-refractivity contribution in [3.05, 3.63) is 70.1 Å². The van der Waals surface area contributed by atoms with Crippen molar-refractivity contribution in [1.29, 1.82) is 0 Å². The van der Waals surface area contributed by atoms with Crippen LogP contribution in [0.1, 0.15) is 34.6 Å². The highest BCUT2D eigenvalue weighted by Crippen LogP contribution is 2.32. The Morgan fingerprint density at radius 2 is 2.00 bits per heavy atom. The van der Waals surface area contributed by atoms with Gasteiger partial charge in [-0.25, -0.2) is 14.8 Å². The summed E-state index contributed by atoms with van der Waals surface area (Å²) in [7, 11) is 3.35. The van der Waals surface area contributed by atoms with E-state index in [4.69, 9.17) is 9.15 Å². The number of aryl methyl sites for hydroxylation is 2. The van der Waals surface area contributed by atoms with E-state index in [1.807, 2.05) is 25.1 Å². The molecular weight excluding hydrogens is 504 g/mol. The van der Waals surface area contributed by atoms with Gasteiger partial charge in [0.1, 0.15) is 23.1 Å². The molecular formula is C26H24N8O5. The number of aromatic nitrogens is 5. The van der Waals surface area contributed by atoms with Gasteiger partial charge in [-0.15, -0.1) is 0 Å². The Hall–Kier alpha value is -5.20. The van der Waals surface area contributed by atoms with E-state index in [1.165, 1.54) is 10.9 Å². The molecule has 0 bridgehead atoms. The monoisotopic (exact) mass is 528 g/mol. The van der Waals surface area contributed by atoms with E-state index >= 15 is 0 Å². The lowest BCUT2D eigenvalue weighted by Gasteiger charge is -2.20. The first kappa shape index (κ1) is 24.2. The number of carbonyl (C=O) groups excluding carboxylic acids is 2. The molecule has 5 aromatic rings. The van der Waals surface area contributed by atoms with Crippen molar-refractivity contribution < 1.29 is 18.7 Å². The zero-order chi connectivity index (χ0) is 27.3. The Balaban J connectivity index is 1.22. The van der Waals surface area contributed by atoms with Crippen molar-refractivity contribution in [2.45, 2.75) is 19.5 Å². The third-order valence-electron chi connectivity index (χ3n) is 6.63. The average molecular weight is 529 g/mol. The van der Waals surface area contributed by atoms with Gasteiger partial charge >= 0.3 is 5.76 Å². The molecule has 0 saturated heterocycles. The summed E-state index contributed by atoms with van der Waals surface area (Å²) < 4.78 is 13.6. The van der Waals surface area contributed by atoms with Crippen molar-refractivity contribution in [2.24, 2.45) is 14.1 Å². The molecule has 0 aliphatic carbocycles. The highest BCUT2D eigenvalue weighted by atomic mass is 16.5. The van der Waals surface area contributed by atoms with Crippen LogP contribution in [-0.2, 0) is 25.4 Å². The molecule has 2 aromatic carbocycles. The Morgan fingerprint density at radius 1 is 1.15 bits per heavy atom. The van der Waals surface area contributed by atoms with Crippen LogP contribution in [0.3, 0.4) is 0 Å². The molecule has 1 atom stereocenters. The zero-order valence-corrected chi connectivity index (χ0v) is 21.3. The number of fused-ring (bicyclic) bond motifs is 3. The SMILES string of the molecule is CC(Nc1nn(C)c2c(C(=O)NCc3ccc4oc(=O)n(C)c4c3)ncnc12)c1ccc2c(c1)NC(=O)CO2. The normalized spacial score (nSPS) is 13.6. The zero-order valence-electron chi connectivity index (χ0n) is 21.3. The summed E-state index contributed by atoms with van der Waals surface area (Å²) >= 11 is 0. The number of benzene rings is 2. The van der Waals surface area contributed by atoms with Crippen LogP contribution >= 0.6 is 0 Å². The Bertz CT molecular complexity index is 1840. The maximum atomic E-state index is 13.2. The molecule has 39 heavy (non-hydrogen) atoms. The predicted molar refractivity (Wildman–Crippen MR) is 142 cm³/mol. The first-order valence-electron chi connectivity index (χ1n) is 12.2. The van der Waals surface area contributed by atoms with E-state index in [9.17, 15) is 14.4 Å². The average Bonchev–Trinajstić information content (AvgIpc) is 3.41. The largest absolute Gasteiger partial charge is 0.482 e. The molecule has 3 aromatic heterocycles. The Labute approximate surface area is 220 Å². The summed E-state index contributed by atoms with van der Waals surface area (Å²) in [4.78, 5) is 45.2. The first-order valence-corrected chi connectivity index (χ1v) is 12.2. The van der Waals surface area contributed by atoms with E-state index < -0.39 is 11.7 Å². The van der Waals surface area contributed by atoms with Crippen LogP contribution in [0.4, 0.5) is 11.5 Å². The van der Waals surface area contributed by atoms with Crippen molar-refractivity contribution in [3.8, 4) is 5.75 Å². The van der Waals surface area contributed by atoms with E-state index in [1.54, 1.807) is 37.0 Å². The third-order valence-corrected chi connectivity index (χ3v) is 6.63. The van der Waals surface area contributed by atoms with E-state index in [-0.39, 0.29) is 30.8 Å². The predicted octanol–water partition coefficient (Wildman–Crippen LogP) is 2.24. The molecule has 0 spiro atoms. The van der Waals surface area contributed by atoms with Crippen molar-refractivity contribution in [3.63, 3.8) is 0 Å². The quantitative estimate of drug-likeness (QED) is 0.300. The van der Waals surface area contributed by atoms with Gasteiger partial charge in [-0.3, -0.25) is 18.8 Å².